The summed E-state index contributed by atoms with van der Waals surface area (Å²) in [6.45, 7) is 4.52. The fraction of sp³-hybridized carbons (Fsp3) is 0.542. The van der Waals surface area contributed by atoms with Crippen LogP contribution in [-0.4, -0.2) is 66.2 Å². The molecule has 4 rings (SSSR count). The van der Waals surface area contributed by atoms with Gasteiger partial charge in [0, 0.05) is 49.4 Å². The van der Waals surface area contributed by atoms with E-state index in [1.165, 1.54) is 6.07 Å². The Hall–Kier alpha value is -2.81. The molecule has 0 aliphatic carbocycles. The lowest BCUT2D eigenvalue weighted by molar-refractivity contribution is 0.0944. The lowest BCUT2D eigenvalue weighted by Crippen LogP contribution is -2.44. The number of aromatic nitrogens is 2. The maximum Gasteiger partial charge on any atom is 0.270 e. The van der Waals surface area contributed by atoms with E-state index >= 15 is 0 Å². The SMILES string of the molecule is CCc1ccc(C2CCN(C3CCN(c4ccc(C(=O)NCCF)nc4F)CC3)C2)[nH]c1=O. The number of alkyl halides is 1. The number of anilines is 1. The Kier molecular flexibility index (Phi) is 7.37. The van der Waals surface area contributed by atoms with Gasteiger partial charge in [0.05, 0.1) is 5.69 Å². The van der Waals surface area contributed by atoms with E-state index in [4.69, 9.17) is 0 Å². The molecule has 1 atom stereocenters. The quantitative estimate of drug-likeness (QED) is 0.623. The molecule has 0 spiro atoms. The third kappa shape index (κ3) is 5.24. The molecular weight excluding hydrogens is 428 g/mol. The number of carbonyl (C=O) groups is 1. The van der Waals surface area contributed by atoms with Crippen molar-refractivity contribution in [1.82, 2.24) is 20.2 Å². The summed E-state index contributed by atoms with van der Waals surface area (Å²) in [5, 5.41) is 2.35. The van der Waals surface area contributed by atoms with Crippen molar-refractivity contribution in [2.45, 2.75) is 44.6 Å². The number of carbonyl (C=O) groups excluding carboxylic acids is 1. The number of halogens is 2. The number of nitrogens with zero attached hydrogens (tertiary/aromatic N) is 3. The Morgan fingerprint density at radius 1 is 1.18 bits per heavy atom. The summed E-state index contributed by atoms with van der Waals surface area (Å²) >= 11 is 0. The highest BCUT2D eigenvalue weighted by atomic mass is 19.1. The molecule has 2 aromatic rings. The van der Waals surface area contributed by atoms with Crippen molar-refractivity contribution in [1.29, 1.82) is 0 Å². The summed E-state index contributed by atoms with van der Waals surface area (Å²) in [7, 11) is 0. The Morgan fingerprint density at radius 2 is 1.97 bits per heavy atom. The predicted octanol–water partition coefficient (Wildman–Crippen LogP) is 2.63. The second-order valence-corrected chi connectivity index (χ2v) is 8.77. The maximum absolute atomic E-state index is 14.6. The Morgan fingerprint density at radius 3 is 2.64 bits per heavy atom. The first-order valence-corrected chi connectivity index (χ1v) is 11.7. The molecule has 178 valence electrons. The van der Waals surface area contributed by atoms with Crippen LogP contribution in [0.2, 0.25) is 0 Å². The highest BCUT2D eigenvalue weighted by Crippen LogP contribution is 2.31. The molecule has 0 aromatic carbocycles. The minimum atomic E-state index is -0.679. The molecule has 2 N–H and O–H groups in total. The van der Waals surface area contributed by atoms with Gasteiger partial charge in [-0.1, -0.05) is 13.0 Å². The van der Waals surface area contributed by atoms with Gasteiger partial charge in [-0.25, -0.2) is 9.37 Å². The van der Waals surface area contributed by atoms with Gasteiger partial charge in [-0.05, 0) is 50.4 Å². The standard InChI is InChI=1S/C24H31F2N5O2/c1-2-16-3-4-19(29-23(16)32)17-7-12-31(15-17)18-8-13-30(14-9-18)21-6-5-20(28-22(21)26)24(33)27-11-10-25/h3-6,17-18H,2,7-15H2,1H3,(H,27,33)(H,29,32). The average molecular weight is 460 g/mol. The molecule has 2 aliphatic heterocycles. The van der Waals surface area contributed by atoms with Crippen LogP contribution >= 0.6 is 0 Å². The van der Waals surface area contributed by atoms with Crippen LogP contribution in [0.3, 0.4) is 0 Å². The van der Waals surface area contributed by atoms with Crippen LogP contribution < -0.4 is 15.8 Å². The first kappa shape index (κ1) is 23.4. The van der Waals surface area contributed by atoms with Gasteiger partial charge in [0.25, 0.3) is 11.5 Å². The largest absolute Gasteiger partial charge is 0.368 e. The van der Waals surface area contributed by atoms with Crippen LogP contribution in [0.25, 0.3) is 0 Å². The molecule has 1 amide bonds. The highest BCUT2D eigenvalue weighted by Gasteiger charge is 2.32. The van der Waals surface area contributed by atoms with Crippen LogP contribution in [0.5, 0.6) is 0 Å². The van der Waals surface area contributed by atoms with Gasteiger partial charge in [-0.15, -0.1) is 0 Å². The third-order valence-electron chi connectivity index (χ3n) is 6.82. The second kappa shape index (κ2) is 10.4. The topological polar surface area (TPSA) is 81.3 Å². The van der Waals surface area contributed by atoms with Crippen molar-refractivity contribution >= 4 is 11.6 Å². The third-order valence-corrected chi connectivity index (χ3v) is 6.82. The van der Waals surface area contributed by atoms with Crippen LogP contribution in [0, 0.1) is 5.95 Å². The molecule has 9 heteroatoms. The van der Waals surface area contributed by atoms with Crippen molar-refractivity contribution in [2.24, 2.45) is 0 Å². The van der Waals surface area contributed by atoms with E-state index in [0.29, 0.717) is 30.7 Å². The number of likely N-dealkylation sites (tertiary alicyclic amines) is 1. The molecule has 2 fully saturated rings. The van der Waals surface area contributed by atoms with E-state index in [1.807, 2.05) is 24.0 Å². The minimum Gasteiger partial charge on any atom is -0.368 e. The molecule has 0 bridgehead atoms. The molecule has 0 saturated carbocycles. The number of nitrogens with one attached hydrogen (secondary N) is 2. The molecule has 2 aliphatic rings. The first-order valence-electron chi connectivity index (χ1n) is 11.7. The number of hydrogen-bond donors (Lipinski definition) is 2. The lowest BCUT2D eigenvalue weighted by atomic mass is 10.0. The summed E-state index contributed by atoms with van der Waals surface area (Å²) in [4.78, 5) is 35.3. The van der Waals surface area contributed by atoms with Crippen LogP contribution in [0.15, 0.2) is 29.1 Å². The van der Waals surface area contributed by atoms with Gasteiger partial charge in [0.15, 0.2) is 0 Å². The second-order valence-electron chi connectivity index (χ2n) is 8.77. The molecule has 4 heterocycles. The van der Waals surface area contributed by atoms with Gasteiger partial charge in [-0.2, -0.15) is 4.39 Å². The summed E-state index contributed by atoms with van der Waals surface area (Å²) in [5.74, 6) is -0.924. The summed E-state index contributed by atoms with van der Waals surface area (Å²) < 4.78 is 26.8. The fourth-order valence-corrected chi connectivity index (χ4v) is 4.92. The number of rotatable bonds is 7. The first-order chi connectivity index (χ1) is 16.0. The van der Waals surface area contributed by atoms with E-state index in [9.17, 15) is 18.4 Å². The average Bonchev–Trinajstić information content (AvgIpc) is 3.33. The molecule has 2 aromatic heterocycles. The zero-order valence-corrected chi connectivity index (χ0v) is 18.9. The number of hydrogen-bond acceptors (Lipinski definition) is 5. The minimum absolute atomic E-state index is 0.0170. The van der Waals surface area contributed by atoms with Gasteiger partial charge in [-0.3, -0.25) is 14.5 Å². The number of aromatic amines is 1. The summed E-state index contributed by atoms with van der Waals surface area (Å²) in [6.07, 6.45) is 3.58. The van der Waals surface area contributed by atoms with Crippen molar-refractivity contribution in [3.63, 3.8) is 0 Å². The predicted molar refractivity (Wildman–Crippen MR) is 123 cm³/mol. The van der Waals surface area contributed by atoms with Gasteiger partial charge >= 0.3 is 0 Å². The Balaban J connectivity index is 1.32. The van der Waals surface area contributed by atoms with Gasteiger partial charge in [0.1, 0.15) is 12.4 Å². The van der Waals surface area contributed by atoms with E-state index < -0.39 is 18.5 Å². The van der Waals surface area contributed by atoms with Crippen molar-refractivity contribution < 1.29 is 13.6 Å². The zero-order valence-electron chi connectivity index (χ0n) is 18.9. The van der Waals surface area contributed by atoms with E-state index in [2.05, 4.69) is 20.2 Å². The number of piperidine rings is 1. The molecule has 33 heavy (non-hydrogen) atoms. The number of pyridine rings is 2. The van der Waals surface area contributed by atoms with E-state index in [-0.39, 0.29) is 17.8 Å². The van der Waals surface area contributed by atoms with Crippen LogP contribution in [0.4, 0.5) is 14.5 Å². The highest BCUT2D eigenvalue weighted by molar-refractivity contribution is 5.92. The smallest absolute Gasteiger partial charge is 0.270 e. The van der Waals surface area contributed by atoms with Crippen molar-refractivity contribution in [3.05, 3.63) is 57.5 Å². The van der Waals surface area contributed by atoms with Gasteiger partial charge in [0.2, 0.25) is 5.95 Å². The summed E-state index contributed by atoms with van der Waals surface area (Å²) in [6, 6.07) is 7.47. The number of aryl methyl sites for hydroxylation is 1. The summed E-state index contributed by atoms with van der Waals surface area (Å²) in [5.41, 5.74) is 2.19. The van der Waals surface area contributed by atoms with Crippen molar-refractivity contribution in [2.75, 3.05) is 44.3 Å². The zero-order chi connectivity index (χ0) is 23.4. The molecule has 7 nitrogen and oxygen atoms in total. The Bertz CT molecular complexity index is 1040. The molecule has 2 saturated heterocycles. The van der Waals surface area contributed by atoms with E-state index in [0.717, 1.165) is 50.0 Å². The van der Waals surface area contributed by atoms with Crippen molar-refractivity contribution in [3.8, 4) is 0 Å². The molecule has 1 unspecified atom stereocenters. The van der Waals surface area contributed by atoms with Gasteiger partial charge < -0.3 is 15.2 Å². The fourth-order valence-electron chi connectivity index (χ4n) is 4.92. The maximum atomic E-state index is 14.6. The number of H-pyrrole nitrogens is 1. The van der Waals surface area contributed by atoms with Crippen LogP contribution in [0.1, 0.15) is 53.8 Å². The lowest BCUT2D eigenvalue weighted by Gasteiger charge is -2.37. The van der Waals surface area contributed by atoms with E-state index in [1.54, 1.807) is 6.07 Å². The number of amides is 1. The monoisotopic (exact) mass is 459 g/mol. The molecular formula is C24H31F2N5O2. The normalized spacial score (nSPS) is 19.7. The van der Waals surface area contributed by atoms with Crippen LogP contribution in [-0.2, 0) is 6.42 Å². The molecule has 0 radical (unpaired) electrons. The Labute approximate surface area is 192 Å².